The molecular weight excluding hydrogens is 292 g/mol. The third kappa shape index (κ3) is 4.42. The molecule has 2 aromatic rings. The normalized spacial score (nSPS) is 12.2. The summed E-state index contributed by atoms with van der Waals surface area (Å²) in [6, 6.07) is 3.64. The SMILES string of the molecule is Cc1cc(CNS(=O)(=O)c2c[nH]c(CNC(C)C)c2)on1. The van der Waals surface area contributed by atoms with E-state index < -0.39 is 10.0 Å². The number of aromatic amines is 1. The third-order valence-corrected chi connectivity index (χ3v) is 4.22. The first-order valence-corrected chi connectivity index (χ1v) is 8.17. The van der Waals surface area contributed by atoms with Crippen molar-refractivity contribution in [3.05, 3.63) is 35.5 Å². The number of aryl methyl sites for hydroxylation is 1. The second kappa shape index (κ2) is 6.42. The van der Waals surface area contributed by atoms with Gasteiger partial charge in [0.2, 0.25) is 10.0 Å². The molecule has 0 atom stereocenters. The summed E-state index contributed by atoms with van der Waals surface area (Å²) in [5.74, 6) is 0.480. The Hall–Kier alpha value is -1.64. The lowest BCUT2D eigenvalue weighted by Crippen LogP contribution is -2.23. The molecule has 0 aliphatic heterocycles. The molecule has 2 aromatic heterocycles. The maximum Gasteiger partial charge on any atom is 0.242 e. The summed E-state index contributed by atoms with van der Waals surface area (Å²) in [6.45, 7) is 6.51. The average molecular weight is 312 g/mol. The van der Waals surface area contributed by atoms with Gasteiger partial charge in [-0.1, -0.05) is 19.0 Å². The fourth-order valence-electron chi connectivity index (χ4n) is 1.74. The van der Waals surface area contributed by atoms with Crippen LogP contribution in [0.3, 0.4) is 0 Å². The average Bonchev–Trinajstić information content (AvgIpc) is 3.03. The fourth-order valence-corrected chi connectivity index (χ4v) is 2.75. The molecule has 0 radical (unpaired) electrons. The van der Waals surface area contributed by atoms with Gasteiger partial charge in [0.25, 0.3) is 0 Å². The summed E-state index contributed by atoms with van der Waals surface area (Å²) in [5.41, 5.74) is 1.53. The molecule has 2 heterocycles. The molecule has 0 aliphatic rings. The fraction of sp³-hybridized carbons (Fsp3) is 0.462. The highest BCUT2D eigenvalue weighted by Crippen LogP contribution is 2.12. The number of hydrogen-bond acceptors (Lipinski definition) is 5. The van der Waals surface area contributed by atoms with Crippen molar-refractivity contribution >= 4 is 10.0 Å². The number of H-pyrrole nitrogens is 1. The predicted octanol–water partition coefficient (Wildman–Crippen LogP) is 1.29. The molecule has 0 saturated heterocycles. The van der Waals surface area contributed by atoms with Crippen LogP contribution >= 0.6 is 0 Å². The van der Waals surface area contributed by atoms with Gasteiger partial charge in [-0.25, -0.2) is 13.1 Å². The minimum Gasteiger partial charge on any atom is -0.363 e. The lowest BCUT2D eigenvalue weighted by atomic mass is 10.3. The Morgan fingerprint density at radius 2 is 2.10 bits per heavy atom. The smallest absolute Gasteiger partial charge is 0.242 e. The third-order valence-electron chi connectivity index (χ3n) is 2.84. The number of rotatable bonds is 7. The van der Waals surface area contributed by atoms with E-state index in [2.05, 4.69) is 20.2 Å². The maximum atomic E-state index is 12.2. The molecule has 3 N–H and O–H groups in total. The van der Waals surface area contributed by atoms with Crippen molar-refractivity contribution in [2.75, 3.05) is 0 Å². The van der Waals surface area contributed by atoms with Gasteiger partial charge < -0.3 is 14.8 Å². The van der Waals surface area contributed by atoms with Crippen LogP contribution in [0, 0.1) is 6.92 Å². The molecule has 0 aliphatic carbocycles. The van der Waals surface area contributed by atoms with Crippen molar-refractivity contribution in [1.82, 2.24) is 20.2 Å². The van der Waals surface area contributed by atoms with Gasteiger partial charge >= 0.3 is 0 Å². The van der Waals surface area contributed by atoms with E-state index >= 15 is 0 Å². The van der Waals surface area contributed by atoms with Crippen LogP contribution in [0.25, 0.3) is 0 Å². The Morgan fingerprint density at radius 3 is 2.71 bits per heavy atom. The van der Waals surface area contributed by atoms with Crippen molar-refractivity contribution < 1.29 is 12.9 Å². The lowest BCUT2D eigenvalue weighted by molar-refractivity contribution is 0.377. The first-order chi connectivity index (χ1) is 9.87. The van der Waals surface area contributed by atoms with Gasteiger partial charge in [0.05, 0.1) is 17.1 Å². The number of aromatic nitrogens is 2. The summed E-state index contributed by atoms with van der Waals surface area (Å²) >= 11 is 0. The lowest BCUT2D eigenvalue weighted by Gasteiger charge is -2.05. The topological polar surface area (TPSA) is 100 Å². The Balaban J connectivity index is 1.99. The van der Waals surface area contributed by atoms with Gasteiger partial charge in [-0.2, -0.15) is 0 Å². The summed E-state index contributed by atoms with van der Waals surface area (Å²) in [5, 5.41) is 6.93. The molecule has 21 heavy (non-hydrogen) atoms. The first-order valence-electron chi connectivity index (χ1n) is 6.69. The highest BCUT2D eigenvalue weighted by atomic mass is 32.2. The van der Waals surface area contributed by atoms with Crippen molar-refractivity contribution in [2.24, 2.45) is 0 Å². The van der Waals surface area contributed by atoms with Crippen LogP contribution < -0.4 is 10.0 Å². The molecule has 8 heteroatoms. The molecule has 116 valence electrons. The van der Waals surface area contributed by atoms with E-state index in [9.17, 15) is 8.42 Å². The van der Waals surface area contributed by atoms with Gasteiger partial charge in [-0.05, 0) is 13.0 Å². The van der Waals surface area contributed by atoms with Gasteiger partial charge in [0, 0.05) is 30.5 Å². The van der Waals surface area contributed by atoms with Gasteiger partial charge in [0.1, 0.15) is 0 Å². The van der Waals surface area contributed by atoms with Gasteiger partial charge in [-0.15, -0.1) is 0 Å². The Bertz CT molecular complexity index is 688. The largest absolute Gasteiger partial charge is 0.363 e. The molecule has 0 aromatic carbocycles. The highest BCUT2D eigenvalue weighted by Gasteiger charge is 2.16. The second-order valence-electron chi connectivity index (χ2n) is 5.16. The molecule has 0 amide bonds. The molecule has 0 unspecified atom stereocenters. The van der Waals surface area contributed by atoms with E-state index in [1.54, 1.807) is 19.1 Å². The van der Waals surface area contributed by atoms with Gasteiger partial charge in [-0.3, -0.25) is 0 Å². The number of sulfonamides is 1. The van der Waals surface area contributed by atoms with E-state index in [0.29, 0.717) is 24.0 Å². The van der Waals surface area contributed by atoms with E-state index in [-0.39, 0.29) is 11.4 Å². The van der Waals surface area contributed by atoms with Crippen LogP contribution in [0.1, 0.15) is 31.0 Å². The summed E-state index contributed by atoms with van der Waals surface area (Å²) < 4.78 is 31.8. The van der Waals surface area contributed by atoms with Crippen LogP contribution in [-0.2, 0) is 23.1 Å². The molecule has 7 nitrogen and oxygen atoms in total. The number of nitrogens with one attached hydrogen (secondary N) is 3. The van der Waals surface area contributed by atoms with Crippen LogP contribution in [0.15, 0.2) is 27.7 Å². The minimum absolute atomic E-state index is 0.0773. The van der Waals surface area contributed by atoms with Crippen molar-refractivity contribution in [3.8, 4) is 0 Å². The van der Waals surface area contributed by atoms with Crippen LogP contribution in [0.4, 0.5) is 0 Å². The summed E-state index contributed by atoms with van der Waals surface area (Å²) in [7, 11) is -3.56. The quantitative estimate of drug-likeness (QED) is 0.715. The molecule has 0 bridgehead atoms. The maximum absolute atomic E-state index is 12.2. The molecule has 0 fully saturated rings. The monoisotopic (exact) mass is 312 g/mol. The Kier molecular flexibility index (Phi) is 4.81. The Morgan fingerprint density at radius 1 is 1.33 bits per heavy atom. The molecule has 0 saturated carbocycles. The van der Waals surface area contributed by atoms with E-state index in [1.807, 2.05) is 13.8 Å². The Labute approximate surface area is 124 Å². The zero-order valence-electron chi connectivity index (χ0n) is 12.3. The predicted molar refractivity (Wildman–Crippen MR) is 78.0 cm³/mol. The summed E-state index contributed by atoms with van der Waals surface area (Å²) in [6.07, 6.45) is 1.48. The zero-order chi connectivity index (χ0) is 15.5. The highest BCUT2D eigenvalue weighted by molar-refractivity contribution is 7.89. The van der Waals surface area contributed by atoms with Crippen molar-refractivity contribution in [1.29, 1.82) is 0 Å². The molecule has 0 spiro atoms. The van der Waals surface area contributed by atoms with E-state index in [4.69, 9.17) is 4.52 Å². The number of nitrogens with zero attached hydrogens (tertiary/aromatic N) is 1. The zero-order valence-corrected chi connectivity index (χ0v) is 13.1. The van der Waals surface area contributed by atoms with Crippen molar-refractivity contribution in [2.45, 2.75) is 44.8 Å². The minimum atomic E-state index is -3.56. The summed E-state index contributed by atoms with van der Waals surface area (Å²) in [4.78, 5) is 3.16. The first kappa shape index (κ1) is 15.7. The van der Waals surface area contributed by atoms with Crippen LogP contribution in [0.5, 0.6) is 0 Å². The number of hydrogen-bond donors (Lipinski definition) is 3. The van der Waals surface area contributed by atoms with Crippen LogP contribution in [0.2, 0.25) is 0 Å². The van der Waals surface area contributed by atoms with Crippen molar-refractivity contribution in [3.63, 3.8) is 0 Å². The molecule has 2 rings (SSSR count). The van der Waals surface area contributed by atoms with E-state index in [0.717, 1.165) is 5.69 Å². The molecular formula is C13H20N4O3S. The van der Waals surface area contributed by atoms with E-state index in [1.165, 1.54) is 6.20 Å². The second-order valence-corrected chi connectivity index (χ2v) is 6.92. The van der Waals surface area contributed by atoms with Gasteiger partial charge in [0.15, 0.2) is 5.76 Å². The standard InChI is InChI=1S/C13H20N4O3S/c1-9(2)14-6-11-5-13(8-15-11)21(18,19)16-7-12-4-10(3)17-20-12/h4-5,8-9,14-16H,6-7H2,1-3H3. The van der Waals surface area contributed by atoms with Crippen LogP contribution in [-0.4, -0.2) is 24.6 Å².